The summed E-state index contributed by atoms with van der Waals surface area (Å²) in [6, 6.07) is 8.59. The third-order valence-corrected chi connectivity index (χ3v) is 3.64. The summed E-state index contributed by atoms with van der Waals surface area (Å²) < 4.78 is 1.13. The highest BCUT2D eigenvalue weighted by Crippen LogP contribution is 2.19. The first kappa shape index (κ1) is 16.4. The van der Waals surface area contributed by atoms with Crippen LogP contribution in [0, 0.1) is 24.0 Å². The number of nitrogens with zero attached hydrogens (tertiary/aromatic N) is 2. The summed E-state index contributed by atoms with van der Waals surface area (Å²) in [4.78, 5) is 34.8. The van der Waals surface area contributed by atoms with Gasteiger partial charge in [-0.1, -0.05) is 17.7 Å². The molecule has 1 aromatic heterocycles. The summed E-state index contributed by atoms with van der Waals surface area (Å²) >= 11 is 0. The molecule has 1 atom stereocenters. The molecule has 2 rings (SSSR count). The fourth-order valence-electron chi connectivity index (χ4n) is 2.31. The van der Waals surface area contributed by atoms with Gasteiger partial charge in [0.05, 0.1) is 10.6 Å². The molecule has 0 saturated heterocycles. The van der Waals surface area contributed by atoms with Gasteiger partial charge in [-0.05, 0) is 32.9 Å². The van der Waals surface area contributed by atoms with Crippen LogP contribution in [0.5, 0.6) is 0 Å². The molecule has 23 heavy (non-hydrogen) atoms. The minimum absolute atomic E-state index is 0.147. The highest BCUT2D eigenvalue weighted by atomic mass is 16.6. The van der Waals surface area contributed by atoms with Crippen molar-refractivity contribution in [3.05, 3.63) is 68.1 Å². The number of benzene rings is 1. The van der Waals surface area contributed by atoms with Gasteiger partial charge in [0, 0.05) is 17.8 Å². The first-order valence-electron chi connectivity index (χ1n) is 7.05. The molecule has 1 N–H and O–H groups in total. The molecule has 2 aromatic rings. The number of aromatic nitrogens is 1. The van der Waals surface area contributed by atoms with E-state index in [9.17, 15) is 19.7 Å². The van der Waals surface area contributed by atoms with Crippen LogP contribution in [0.2, 0.25) is 0 Å². The minimum Gasteiger partial charge on any atom is -0.324 e. The molecule has 1 unspecified atom stereocenters. The van der Waals surface area contributed by atoms with Gasteiger partial charge in [-0.25, -0.2) is 0 Å². The maximum atomic E-state index is 12.3. The molecule has 0 aliphatic rings. The summed E-state index contributed by atoms with van der Waals surface area (Å²) in [6.07, 6.45) is 0. The van der Waals surface area contributed by atoms with Crippen molar-refractivity contribution in [2.24, 2.45) is 0 Å². The van der Waals surface area contributed by atoms with Gasteiger partial charge in [0.2, 0.25) is 5.91 Å². The Morgan fingerprint density at radius 2 is 1.78 bits per heavy atom. The monoisotopic (exact) mass is 315 g/mol. The van der Waals surface area contributed by atoms with E-state index in [0.29, 0.717) is 5.69 Å². The van der Waals surface area contributed by atoms with E-state index in [-0.39, 0.29) is 11.4 Å². The molecule has 0 fully saturated rings. The minimum atomic E-state index is -0.872. The third-order valence-electron chi connectivity index (χ3n) is 3.64. The number of nitro groups is 1. The number of carbonyl (C=O) groups is 1. The molecule has 0 aliphatic heterocycles. The zero-order valence-electron chi connectivity index (χ0n) is 13.1. The van der Waals surface area contributed by atoms with Crippen LogP contribution in [0.4, 0.5) is 11.4 Å². The standard InChI is InChI=1S/C16H17N3O4/c1-10-4-6-13(7-5-10)17-16(21)12(3)18-11(2)14(19(22)23)8-9-15(18)20/h4-9,12H,1-3H3,(H,17,21). The van der Waals surface area contributed by atoms with E-state index in [1.807, 2.05) is 19.1 Å². The quantitative estimate of drug-likeness (QED) is 0.693. The fourth-order valence-corrected chi connectivity index (χ4v) is 2.31. The molecule has 120 valence electrons. The number of nitrogens with one attached hydrogen (secondary N) is 1. The fraction of sp³-hybridized carbons (Fsp3) is 0.250. The van der Waals surface area contributed by atoms with Crippen LogP contribution in [0.1, 0.15) is 24.2 Å². The zero-order chi connectivity index (χ0) is 17.1. The van der Waals surface area contributed by atoms with E-state index < -0.39 is 22.4 Å². The molecule has 0 bridgehead atoms. The SMILES string of the molecule is Cc1ccc(NC(=O)C(C)n2c(C)c([N+](=O)[O-])ccc2=O)cc1. The Morgan fingerprint density at radius 1 is 1.17 bits per heavy atom. The van der Waals surface area contributed by atoms with Gasteiger partial charge in [0.1, 0.15) is 6.04 Å². The predicted molar refractivity (Wildman–Crippen MR) is 86.6 cm³/mol. The summed E-state index contributed by atoms with van der Waals surface area (Å²) in [6.45, 7) is 4.91. The van der Waals surface area contributed by atoms with Gasteiger partial charge >= 0.3 is 0 Å². The van der Waals surface area contributed by atoms with Gasteiger partial charge < -0.3 is 5.32 Å². The van der Waals surface area contributed by atoms with Crippen LogP contribution < -0.4 is 10.9 Å². The van der Waals surface area contributed by atoms with Gasteiger partial charge in [0.25, 0.3) is 11.2 Å². The lowest BCUT2D eigenvalue weighted by atomic mass is 10.2. The maximum Gasteiger partial charge on any atom is 0.288 e. The van der Waals surface area contributed by atoms with Crippen molar-refractivity contribution in [1.82, 2.24) is 4.57 Å². The molecule has 7 nitrogen and oxygen atoms in total. The Balaban J connectivity index is 2.32. The van der Waals surface area contributed by atoms with Crippen LogP contribution in [0.3, 0.4) is 0 Å². The normalized spacial score (nSPS) is 11.8. The molecule has 1 aromatic carbocycles. The molecular formula is C16H17N3O4. The lowest BCUT2D eigenvalue weighted by molar-refractivity contribution is -0.386. The van der Waals surface area contributed by atoms with Crippen molar-refractivity contribution in [2.45, 2.75) is 26.8 Å². The van der Waals surface area contributed by atoms with E-state index >= 15 is 0 Å². The van der Waals surface area contributed by atoms with E-state index in [0.717, 1.165) is 22.3 Å². The molecular weight excluding hydrogens is 298 g/mol. The highest BCUT2D eigenvalue weighted by Gasteiger charge is 2.23. The molecule has 1 heterocycles. The van der Waals surface area contributed by atoms with Crippen LogP contribution in [-0.4, -0.2) is 15.4 Å². The van der Waals surface area contributed by atoms with Crippen molar-refractivity contribution in [1.29, 1.82) is 0 Å². The van der Waals surface area contributed by atoms with Gasteiger partial charge in [-0.3, -0.25) is 24.3 Å². The van der Waals surface area contributed by atoms with Crippen LogP contribution in [0.25, 0.3) is 0 Å². The number of anilines is 1. The van der Waals surface area contributed by atoms with Crippen molar-refractivity contribution in [3.63, 3.8) is 0 Å². The summed E-state index contributed by atoms with van der Waals surface area (Å²) in [5.41, 5.74) is 1.15. The molecule has 0 spiro atoms. The number of rotatable bonds is 4. The second-order valence-corrected chi connectivity index (χ2v) is 5.30. The molecule has 0 radical (unpaired) electrons. The lowest BCUT2D eigenvalue weighted by Gasteiger charge is -2.17. The molecule has 0 aliphatic carbocycles. The highest BCUT2D eigenvalue weighted by molar-refractivity contribution is 5.93. The maximum absolute atomic E-state index is 12.3. The summed E-state index contributed by atoms with van der Waals surface area (Å²) in [5, 5.41) is 13.7. The number of carbonyl (C=O) groups excluding carboxylic acids is 1. The Hall–Kier alpha value is -2.96. The van der Waals surface area contributed by atoms with E-state index in [4.69, 9.17) is 0 Å². The largest absolute Gasteiger partial charge is 0.324 e. The molecule has 1 amide bonds. The van der Waals surface area contributed by atoms with Crippen molar-refractivity contribution < 1.29 is 9.72 Å². The van der Waals surface area contributed by atoms with Gasteiger partial charge in [0.15, 0.2) is 0 Å². The van der Waals surface area contributed by atoms with E-state index in [1.54, 1.807) is 12.1 Å². The number of hydrogen-bond acceptors (Lipinski definition) is 4. The molecule has 0 saturated carbocycles. The smallest absolute Gasteiger partial charge is 0.288 e. The number of amides is 1. The third kappa shape index (κ3) is 3.45. The lowest BCUT2D eigenvalue weighted by Crippen LogP contribution is -2.33. The second kappa shape index (κ2) is 6.43. The Labute approximate surface area is 132 Å². The summed E-state index contributed by atoms with van der Waals surface area (Å²) in [5.74, 6) is -0.417. The van der Waals surface area contributed by atoms with Crippen LogP contribution in [0.15, 0.2) is 41.2 Å². The van der Waals surface area contributed by atoms with Gasteiger partial charge in [-0.2, -0.15) is 0 Å². The number of pyridine rings is 1. The first-order valence-corrected chi connectivity index (χ1v) is 7.05. The Morgan fingerprint density at radius 3 is 2.35 bits per heavy atom. The number of aryl methyl sites for hydroxylation is 1. The summed E-state index contributed by atoms with van der Waals surface area (Å²) in [7, 11) is 0. The zero-order valence-corrected chi connectivity index (χ0v) is 13.1. The second-order valence-electron chi connectivity index (χ2n) is 5.30. The van der Waals surface area contributed by atoms with Crippen LogP contribution >= 0.6 is 0 Å². The van der Waals surface area contributed by atoms with E-state index in [2.05, 4.69) is 5.32 Å². The Kier molecular flexibility index (Phi) is 4.59. The topological polar surface area (TPSA) is 94.2 Å². The van der Waals surface area contributed by atoms with Crippen LogP contribution in [-0.2, 0) is 4.79 Å². The van der Waals surface area contributed by atoms with Crippen molar-refractivity contribution >= 4 is 17.3 Å². The van der Waals surface area contributed by atoms with Gasteiger partial charge in [-0.15, -0.1) is 0 Å². The average molecular weight is 315 g/mol. The van der Waals surface area contributed by atoms with Crippen molar-refractivity contribution in [2.75, 3.05) is 5.32 Å². The average Bonchev–Trinajstić information content (AvgIpc) is 2.49. The molecule has 7 heteroatoms. The van der Waals surface area contributed by atoms with E-state index in [1.165, 1.54) is 13.8 Å². The Bertz CT molecular complexity index is 809. The van der Waals surface area contributed by atoms with Crippen molar-refractivity contribution in [3.8, 4) is 0 Å². The first-order chi connectivity index (χ1) is 10.8. The predicted octanol–water partition coefficient (Wildman–Crippen LogP) is 2.57. The number of hydrogen-bond donors (Lipinski definition) is 1.